The zero-order valence-electron chi connectivity index (χ0n) is 13.4. The maximum absolute atomic E-state index is 13.4. The summed E-state index contributed by atoms with van der Waals surface area (Å²) in [6.45, 7) is 4.41. The number of halogens is 1. The minimum Gasteiger partial charge on any atom is -0.473 e. The van der Waals surface area contributed by atoms with Gasteiger partial charge in [0.05, 0.1) is 0 Å². The van der Waals surface area contributed by atoms with Crippen LogP contribution in [-0.2, 0) is 6.42 Å². The molecule has 0 bridgehead atoms. The van der Waals surface area contributed by atoms with E-state index in [9.17, 15) is 9.18 Å². The SMILES string of the molecule is Cc1cccc(OCNC(=O)NCCc2ccccc2F)c1C. The molecule has 0 atom stereocenters. The zero-order valence-corrected chi connectivity index (χ0v) is 13.4. The Morgan fingerprint density at radius 3 is 2.65 bits per heavy atom. The molecule has 0 unspecified atom stereocenters. The van der Waals surface area contributed by atoms with Crippen molar-refractivity contribution in [1.29, 1.82) is 0 Å². The molecule has 4 nitrogen and oxygen atoms in total. The van der Waals surface area contributed by atoms with Crippen LogP contribution in [0.5, 0.6) is 5.75 Å². The van der Waals surface area contributed by atoms with Gasteiger partial charge in [-0.25, -0.2) is 9.18 Å². The Balaban J connectivity index is 1.69. The maximum Gasteiger partial charge on any atom is 0.317 e. The standard InChI is InChI=1S/C18H21FN2O2/c1-13-6-5-9-17(14(13)2)23-12-21-18(22)20-11-10-15-7-3-4-8-16(15)19/h3-9H,10-12H2,1-2H3,(H2,20,21,22). The highest BCUT2D eigenvalue weighted by Crippen LogP contribution is 2.19. The fraction of sp³-hybridized carbons (Fsp3) is 0.278. The molecule has 0 aliphatic rings. The van der Waals surface area contributed by atoms with E-state index < -0.39 is 0 Å². The number of hydrogen-bond acceptors (Lipinski definition) is 2. The molecule has 2 amide bonds. The van der Waals surface area contributed by atoms with E-state index in [1.165, 1.54) is 6.07 Å². The van der Waals surface area contributed by atoms with Gasteiger partial charge in [-0.15, -0.1) is 0 Å². The summed E-state index contributed by atoms with van der Waals surface area (Å²) in [5.74, 6) is 0.490. The quantitative estimate of drug-likeness (QED) is 0.803. The molecule has 0 heterocycles. The van der Waals surface area contributed by atoms with Crippen molar-refractivity contribution in [3.8, 4) is 5.75 Å². The molecule has 2 aromatic carbocycles. The van der Waals surface area contributed by atoms with Crippen molar-refractivity contribution in [2.75, 3.05) is 13.3 Å². The largest absolute Gasteiger partial charge is 0.473 e. The van der Waals surface area contributed by atoms with Crippen LogP contribution in [0.4, 0.5) is 9.18 Å². The van der Waals surface area contributed by atoms with E-state index in [0.29, 0.717) is 18.5 Å². The average molecular weight is 316 g/mol. The lowest BCUT2D eigenvalue weighted by Gasteiger charge is -2.12. The van der Waals surface area contributed by atoms with Gasteiger partial charge in [0, 0.05) is 6.54 Å². The third-order valence-corrected chi connectivity index (χ3v) is 3.65. The van der Waals surface area contributed by atoms with Gasteiger partial charge in [0.15, 0.2) is 6.73 Å². The number of benzene rings is 2. The lowest BCUT2D eigenvalue weighted by molar-refractivity contribution is 0.224. The molecule has 0 fully saturated rings. The molecule has 2 N–H and O–H groups in total. The highest BCUT2D eigenvalue weighted by molar-refractivity contribution is 5.73. The zero-order chi connectivity index (χ0) is 16.7. The fourth-order valence-corrected chi connectivity index (χ4v) is 2.13. The first-order chi connectivity index (χ1) is 11.1. The predicted octanol–water partition coefficient (Wildman–Crippen LogP) is 3.32. The molecule has 0 aliphatic heterocycles. The summed E-state index contributed by atoms with van der Waals surface area (Å²) in [6, 6.07) is 12.0. The number of rotatable bonds is 6. The van der Waals surface area contributed by atoms with Crippen LogP contribution >= 0.6 is 0 Å². The number of carbonyl (C=O) groups is 1. The van der Waals surface area contributed by atoms with Crippen LogP contribution in [-0.4, -0.2) is 19.3 Å². The number of carbonyl (C=O) groups excluding carboxylic acids is 1. The second kappa shape index (κ2) is 8.17. The van der Waals surface area contributed by atoms with Crippen LogP contribution in [0.2, 0.25) is 0 Å². The van der Waals surface area contributed by atoms with Gasteiger partial charge in [0.1, 0.15) is 11.6 Å². The number of hydrogen-bond donors (Lipinski definition) is 2. The van der Waals surface area contributed by atoms with E-state index in [4.69, 9.17) is 4.74 Å². The van der Waals surface area contributed by atoms with Crippen molar-refractivity contribution >= 4 is 6.03 Å². The Labute approximate surface area is 135 Å². The van der Waals surface area contributed by atoms with Crippen molar-refractivity contribution in [3.63, 3.8) is 0 Å². The summed E-state index contributed by atoms with van der Waals surface area (Å²) < 4.78 is 19.0. The van der Waals surface area contributed by atoms with Crippen molar-refractivity contribution in [3.05, 3.63) is 65.0 Å². The summed E-state index contributed by atoms with van der Waals surface area (Å²) >= 11 is 0. The predicted molar refractivity (Wildman–Crippen MR) is 88.0 cm³/mol. The van der Waals surface area contributed by atoms with Crippen LogP contribution in [0.15, 0.2) is 42.5 Å². The smallest absolute Gasteiger partial charge is 0.317 e. The fourth-order valence-electron chi connectivity index (χ4n) is 2.13. The minimum absolute atomic E-state index is 0.0792. The summed E-state index contributed by atoms with van der Waals surface area (Å²) in [5.41, 5.74) is 2.77. The van der Waals surface area contributed by atoms with Crippen LogP contribution in [0.3, 0.4) is 0 Å². The van der Waals surface area contributed by atoms with E-state index in [-0.39, 0.29) is 18.6 Å². The maximum atomic E-state index is 13.4. The highest BCUT2D eigenvalue weighted by Gasteiger charge is 2.04. The molecule has 0 saturated carbocycles. The number of ether oxygens (including phenoxy) is 1. The first-order valence-electron chi connectivity index (χ1n) is 7.52. The molecule has 23 heavy (non-hydrogen) atoms. The summed E-state index contributed by atoms with van der Waals surface area (Å²) in [6.07, 6.45) is 0.442. The molecule has 0 aliphatic carbocycles. The van der Waals surface area contributed by atoms with Gasteiger partial charge in [0.25, 0.3) is 0 Å². The number of urea groups is 1. The van der Waals surface area contributed by atoms with E-state index in [0.717, 1.165) is 16.9 Å². The summed E-state index contributed by atoms with van der Waals surface area (Å²) in [4.78, 5) is 11.7. The Morgan fingerprint density at radius 1 is 1.09 bits per heavy atom. The van der Waals surface area contributed by atoms with Gasteiger partial charge < -0.3 is 15.4 Å². The third kappa shape index (κ3) is 4.98. The first-order valence-corrected chi connectivity index (χ1v) is 7.52. The van der Waals surface area contributed by atoms with E-state index in [1.807, 2.05) is 32.0 Å². The van der Waals surface area contributed by atoms with Crippen molar-refractivity contribution < 1.29 is 13.9 Å². The first kappa shape index (κ1) is 16.8. The molecular formula is C18H21FN2O2. The van der Waals surface area contributed by atoms with Crippen LogP contribution < -0.4 is 15.4 Å². The van der Waals surface area contributed by atoms with Gasteiger partial charge in [-0.3, -0.25) is 0 Å². The van der Waals surface area contributed by atoms with Gasteiger partial charge >= 0.3 is 6.03 Å². The Morgan fingerprint density at radius 2 is 1.87 bits per heavy atom. The van der Waals surface area contributed by atoms with Gasteiger partial charge in [-0.2, -0.15) is 0 Å². The number of aryl methyl sites for hydroxylation is 1. The van der Waals surface area contributed by atoms with E-state index in [1.54, 1.807) is 18.2 Å². The van der Waals surface area contributed by atoms with Crippen LogP contribution in [0.1, 0.15) is 16.7 Å². The van der Waals surface area contributed by atoms with E-state index >= 15 is 0 Å². The van der Waals surface area contributed by atoms with Crippen molar-refractivity contribution in [2.24, 2.45) is 0 Å². The lowest BCUT2D eigenvalue weighted by atomic mass is 10.1. The van der Waals surface area contributed by atoms with Gasteiger partial charge in [0.2, 0.25) is 0 Å². The van der Waals surface area contributed by atoms with Gasteiger partial charge in [-0.05, 0) is 49.1 Å². The summed E-state index contributed by atoms with van der Waals surface area (Å²) in [5, 5.41) is 5.29. The number of nitrogens with one attached hydrogen (secondary N) is 2. The molecule has 5 heteroatoms. The monoisotopic (exact) mass is 316 g/mol. The van der Waals surface area contributed by atoms with Gasteiger partial charge in [-0.1, -0.05) is 30.3 Å². The summed E-state index contributed by atoms with van der Waals surface area (Å²) in [7, 11) is 0. The Hall–Kier alpha value is -2.56. The molecule has 0 aromatic heterocycles. The topological polar surface area (TPSA) is 50.4 Å². The minimum atomic E-state index is -0.341. The number of amides is 2. The average Bonchev–Trinajstić information content (AvgIpc) is 2.53. The molecule has 0 saturated heterocycles. The second-order valence-electron chi connectivity index (χ2n) is 5.26. The normalized spacial score (nSPS) is 10.2. The molecule has 2 rings (SSSR count). The Bertz CT molecular complexity index is 674. The lowest BCUT2D eigenvalue weighted by Crippen LogP contribution is -2.38. The molecule has 0 radical (unpaired) electrons. The molecule has 122 valence electrons. The van der Waals surface area contributed by atoms with Crippen LogP contribution in [0, 0.1) is 19.7 Å². The van der Waals surface area contributed by atoms with Crippen LogP contribution in [0.25, 0.3) is 0 Å². The van der Waals surface area contributed by atoms with E-state index in [2.05, 4.69) is 10.6 Å². The van der Waals surface area contributed by atoms with Crippen molar-refractivity contribution in [2.45, 2.75) is 20.3 Å². The molecule has 2 aromatic rings. The molecule has 0 spiro atoms. The molecular weight excluding hydrogens is 295 g/mol. The second-order valence-corrected chi connectivity index (χ2v) is 5.26. The van der Waals surface area contributed by atoms with Crippen molar-refractivity contribution in [1.82, 2.24) is 10.6 Å². The highest BCUT2D eigenvalue weighted by atomic mass is 19.1. The Kier molecular flexibility index (Phi) is 5.97. The third-order valence-electron chi connectivity index (χ3n) is 3.65.